The lowest BCUT2D eigenvalue weighted by molar-refractivity contribution is 0.924. The van der Waals surface area contributed by atoms with E-state index in [0.717, 1.165) is 19.6 Å². The molecule has 0 aromatic heterocycles. The van der Waals surface area contributed by atoms with Gasteiger partial charge in [-0.15, -0.1) is 0 Å². The maximum atomic E-state index is 9.54. The third kappa shape index (κ3) is 2.49. The zero-order valence-corrected chi connectivity index (χ0v) is 14.0. The van der Waals surface area contributed by atoms with E-state index >= 15 is 0 Å². The summed E-state index contributed by atoms with van der Waals surface area (Å²) in [5, 5.41) is 10.1. The first-order chi connectivity index (χ1) is 10.1. The molecule has 2 aromatic carbocycles. The van der Waals surface area contributed by atoms with Gasteiger partial charge in [-0.1, -0.05) is 36.0 Å². The fourth-order valence-electron chi connectivity index (χ4n) is 2.50. The molecule has 2 aromatic rings. The highest BCUT2D eigenvalue weighted by molar-refractivity contribution is 14.1. The monoisotopic (exact) mass is 405 g/mol. The van der Waals surface area contributed by atoms with Crippen LogP contribution < -0.4 is 11.5 Å². The van der Waals surface area contributed by atoms with Crippen molar-refractivity contribution in [3.63, 3.8) is 0 Å². The summed E-state index contributed by atoms with van der Waals surface area (Å²) >= 11 is 3.71. The van der Waals surface area contributed by atoms with Gasteiger partial charge in [0.25, 0.3) is 0 Å². The van der Waals surface area contributed by atoms with Crippen LogP contribution in [0.3, 0.4) is 0 Å². The summed E-state index contributed by atoms with van der Waals surface area (Å²) < 4.78 is 1.12. The highest BCUT2D eigenvalue weighted by Crippen LogP contribution is 2.47. The Hall–Kier alpha value is -1.65. The first-order valence-electron chi connectivity index (χ1n) is 6.33. The number of allylic oxidation sites excluding steroid dienone is 1. The highest BCUT2D eigenvalue weighted by atomic mass is 127. The number of nitrogen functional groups attached to an aromatic ring is 1. The van der Waals surface area contributed by atoms with Crippen LogP contribution in [-0.2, 0) is 0 Å². The second kappa shape index (κ2) is 5.62. The summed E-state index contributed by atoms with van der Waals surface area (Å²) in [6, 6.07) is 16.1. The van der Waals surface area contributed by atoms with Crippen LogP contribution in [0.2, 0.25) is 0 Å². The summed E-state index contributed by atoms with van der Waals surface area (Å²) in [5.41, 5.74) is 15.5. The largest absolute Gasteiger partial charge is 0.399 e. The zero-order valence-electron chi connectivity index (χ0n) is 11.0. The Morgan fingerprint density at radius 3 is 2.57 bits per heavy atom. The van der Waals surface area contributed by atoms with Gasteiger partial charge < -0.3 is 11.5 Å². The van der Waals surface area contributed by atoms with Crippen LogP contribution in [0.25, 0.3) is 0 Å². The van der Waals surface area contributed by atoms with Gasteiger partial charge in [0, 0.05) is 20.1 Å². The Kier molecular flexibility index (Phi) is 3.83. The second-order valence-corrected chi connectivity index (χ2v) is 6.99. The Morgan fingerprint density at radius 1 is 1.10 bits per heavy atom. The number of thioether (sulfide) groups is 1. The number of halogens is 1. The molecule has 0 fully saturated rings. The van der Waals surface area contributed by atoms with Gasteiger partial charge >= 0.3 is 0 Å². The van der Waals surface area contributed by atoms with Crippen molar-refractivity contribution < 1.29 is 0 Å². The van der Waals surface area contributed by atoms with Crippen LogP contribution in [0.4, 0.5) is 5.69 Å². The molecule has 0 bridgehead atoms. The van der Waals surface area contributed by atoms with Crippen molar-refractivity contribution in [2.45, 2.75) is 10.8 Å². The van der Waals surface area contributed by atoms with Gasteiger partial charge in [-0.3, -0.25) is 0 Å². The van der Waals surface area contributed by atoms with Crippen molar-refractivity contribution in [3.8, 4) is 6.07 Å². The Labute approximate surface area is 141 Å². The maximum Gasteiger partial charge on any atom is 0.0984 e. The van der Waals surface area contributed by atoms with Crippen LogP contribution in [0.5, 0.6) is 0 Å². The first kappa shape index (κ1) is 14.3. The lowest BCUT2D eigenvalue weighted by Crippen LogP contribution is -2.15. The minimum absolute atomic E-state index is 0.125. The van der Waals surface area contributed by atoms with Crippen molar-refractivity contribution in [1.29, 1.82) is 5.26 Å². The fourth-order valence-corrected chi connectivity index (χ4v) is 4.21. The molecule has 3 rings (SSSR count). The van der Waals surface area contributed by atoms with Crippen molar-refractivity contribution in [2.24, 2.45) is 5.73 Å². The predicted octanol–water partition coefficient (Wildman–Crippen LogP) is 3.80. The molecule has 104 valence electrons. The number of rotatable bonds is 1. The summed E-state index contributed by atoms with van der Waals surface area (Å²) in [7, 11) is 0. The molecule has 3 nitrogen and oxygen atoms in total. The molecule has 0 spiro atoms. The average Bonchev–Trinajstić information content (AvgIpc) is 2.46. The van der Waals surface area contributed by atoms with Gasteiger partial charge in [-0.25, -0.2) is 0 Å². The Morgan fingerprint density at radius 2 is 1.86 bits per heavy atom. The SMILES string of the molecule is N#CC1=C(N)Sc2cc(N)ccc2[C@H]1c1ccccc1I. The molecule has 1 atom stereocenters. The second-order valence-electron chi connectivity index (χ2n) is 4.74. The minimum atomic E-state index is -0.125. The molecular formula is C16H12IN3S. The normalized spacial score (nSPS) is 17.2. The van der Waals surface area contributed by atoms with Crippen LogP contribution in [0.1, 0.15) is 17.0 Å². The molecule has 0 unspecified atom stereocenters. The third-order valence-corrected chi connectivity index (χ3v) is 5.46. The van der Waals surface area contributed by atoms with Crippen LogP contribution in [0, 0.1) is 14.9 Å². The average molecular weight is 405 g/mol. The number of hydrogen-bond acceptors (Lipinski definition) is 4. The zero-order chi connectivity index (χ0) is 15.0. The number of benzene rings is 2. The van der Waals surface area contributed by atoms with E-state index in [2.05, 4.69) is 28.7 Å². The van der Waals surface area contributed by atoms with Crippen LogP contribution in [-0.4, -0.2) is 0 Å². The first-order valence-corrected chi connectivity index (χ1v) is 8.22. The van der Waals surface area contributed by atoms with E-state index in [-0.39, 0.29) is 5.92 Å². The van der Waals surface area contributed by atoms with E-state index in [4.69, 9.17) is 11.5 Å². The number of nitrogens with two attached hydrogens (primary N) is 2. The summed E-state index contributed by atoms with van der Waals surface area (Å²) in [5.74, 6) is -0.125. The van der Waals surface area contributed by atoms with Crippen LogP contribution in [0.15, 0.2) is 58.0 Å². The summed E-state index contributed by atoms with van der Waals surface area (Å²) in [6.07, 6.45) is 0. The van der Waals surface area contributed by atoms with Gasteiger partial charge in [0.2, 0.25) is 0 Å². The van der Waals surface area contributed by atoms with Crippen LogP contribution >= 0.6 is 34.4 Å². The topological polar surface area (TPSA) is 75.8 Å². The van der Waals surface area contributed by atoms with Crippen molar-refractivity contribution in [1.82, 2.24) is 0 Å². The van der Waals surface area contributed by atoms with E-state index < -0.39 is 0 Å². The van der Waals surface area contributed by atoms with Gasteiger partial charge in [-0.2, -0.15) is 5.26 Å². The molecule has 0 aliphatic carbocycles. The quantitative estimate of drug-likeness (QED) is 0.559. The predicted molar refractivity (Wildman–Crippen MR) is 94.5 cm³/mol. The molecule has 1 heterocycles. The van der Waals surface area contributed by atoms with Gasteiger partial charge in [0.05, 0.1) is 16.7 Å². The van der Waals surface area contributed by atoms with Gasteiger partial charge in [0.15, 0.2) is 0 Å². The minimum Gasteiger partial charge on any atom is -0.399 e. The lowest BCUT2D eigenvalue weighted by Gasteiger charge is -2.27. The van der Waals surface area contributed by atoms with E-state index in [1.807, 2.05) is 42.5 Å². The molecule has 0 amide bonds. The number of nitriles is 1. The molecule has 1 aliphatic rings. The third-order valence-electron chi connectivity index (χ3n) is 3.46. The fraction of sp³-hybridized carbons (Fsp3) is 0.0625. The molecule has 0 saturated carbocycles. The molecule has 1 aliphatic heterocycles. The molecule has 21 heavy (non-hydrogen) atoms. The van der Waals surface area contributed by atoms with E-state index in [1.165, 1.54) is 11.8 Å². The Balaban J connectivity index is 2.27. The summed E-state index contributed by atoms with van der Waals surface area (Å²) in [4.78, 5) is 1.02. The molecule has 5 heteroatoms. The van der Waals surface area contributed by atoms with Crippen molar-refractivity contribution in [3.05, 3.63) is 67.8 Å². The summed E-state index contributed by atoms with van der Waals surface area (Å²) in [6.45, 7) is 0. The number of anilines is 1. The lowest BCUT2D eigenvalue weighted by atomic mass is 9.85. The highest BCUT2D eigenvalue weighted by Gasteiger charge is 2.30. The van der Waals surface area contributed by atoms with Gasteiger partial charge in [0.1, 0.15) is 0 Å². The van der Waals surface area contributed by atoms with E-state index in [9.17, 15) is 5.26 Å². The molecule has 4 N–H and O–H groups in total. The molecular weight excluding hydrogens is 393 g/mol. The molecule has 0 radical (unpaired) electrons. The van der Waals surface area contributed by atoms with Crippen molar-refractivity contribution in [2.75, 3.05) is 5.73 Å². The number of fused-ring (bicyclic) bond motifs is 1. The smallest absolute Gasteiger partial charge is 0.0984 e. The van der Waals surface area contributed by atoms with Gasteiger partial charge in [-0.05, 0) is 51.9 Å². The van der Waals surface area contributed by atoms with E-state index in [1.54, 1.807) is 0 Å². The standard InChI is InChI=1S/C16H12IN3S/c17-13-4-2-1-3-10(13)15-11-6-5-9(19)7-14(11)21-16(20)12(15)8-18/h1-7,15H,19-20H2/t15-/m1/s1. The Bertz CT molecular complexity index is 792. The van der Waals surface area contributed by atoms with E-state index in [0.29, 0.717) is 16.3 Å². The molecule has 0 saturated heterocycles. The number of hydrogen-bond donors (Lipinski definition) is 2. The van der Waals surface area contributed by atoms with Crippen molar-refractivity contribution >= 4 is 40.0 Å². The maximum absolute atomic E-state index is 9.54. The number of nitrogens with zero attached hydrogens (tertiary/aromatic N) is 1.